The van der Waals surface area contributed by atoms with E-state index >= 15 is 0 Å². The second kappa shape index (κ2) is 21.0. The Hall–Kier alpha value is -5.91. The molecule has 17 heteroatoms. The van der Waals surface area contributed by atoms with Crippen LogP contribution in [0.1, 0.15) is 46.4 Å². The minimum absolute atomic E-state index is 0.0573. The summed E-state index contributed by atoms with van der Waals surface area (Å²) >= 11 is 7.73. The van der Waals surface area contributed by atoms with Gasteiger partial charge in [-0.3, -0.25) is 0 Å². The molecule has 54 heavy (non-hydrogen) atoms. The Morgan fingerprint density at radius 3 is 1.22 bits per heavy atom. The van der Waals surface area contributed by atoms with Crippen LogP contribution in [0.4, 0.5) is 9.59 Å². The highest BCUT2D eigenvalue weighted by atomic mass is 32.2. The molecule has 1 aromatic heterocycles. The van der Waals surface area contributed by atoms with Crippen molar-refractivity contribution in [1.82, 2.24) is 0 Å². The van der Waals surface area contributed by atoms with Crippen molar-refractivity contribution in [2.75, 3.05) is 26.4 Å². The van der Waals surface area contributed by atoms with Gasteiger partial charge >= 0.3 is 36.2 Å². The third kappa shape index (κ3) is 12.9. The van der Waals surface area contributed by atoms with E-state index in [1.165, 1.54) is 83.3 Å². The fourth-order valence-electron chi connectivity index (χ4n) is 4.14. The van der Waals surface area contributed by atoms with Crippen LogP contribution in [0.15, 0.2) is 86.0 Å². The largest absolute Gasteiger partial charge is 0.513 e. The second-order valence-electron chi connectivity index (χ2n) is 10.6. The molecule has 4 rings (SSSR count). The van der Waals surface area contributed by atoms with Crippen LogP contribution in [0.5, 0.6) is 23.0 Å². The van der Waals surface area contributed by atoms with Crippen molar-refractivity contribution >= 4 is 80.5 Å². The van der Waals surface area contributed by atoms with Gasteiger partial charge < -0.3 is 37.9 Å². The first kappa shape index (κ1) is 40.9. The molecule has 0 bridgehead atoms. The molecule has 282 valence electrons. The molecule has 0 radical (unpaired) electrons. The summed E-state index contributed by atoms with van der Waals surface area (Å²) < 4.78 is 42.7. The van der Waals surface area contributed by atoms with Gasteiger partial charge in [-0.2, -0.15) is 0 Å². The number of esters is 4. The second-order valence-corrected chi connectivity index (χ2v) is 13.8. The SMILES string of the molecule is C=CC(=O)OCCCCOC(=O)Oc1ccc(C(=O)Oc2ccc(OC(=O)c3ccc(OC(=O)OCCCCOC(=O)C=C)cc3)c3sc(=S)sc23)cc1. The first-order valence-corrected chi connectivity index (χ1v) is 18.1. The molecule has 4 aromatic rings. The molecule has 0 aliphatic carbocycles. The summed E-state index contributed by atoms with van der Waals surface area (Å²) in [6, 6.07) is 14.2. The van der Waals surface area contributed by atoms with Crippen LogP contribution in [0.25, 0.3) is 9.40 Å². The van der Waals surface area contributed by atoms with Gasteiger partial charge in [0.1, 0.15) is 26.1 Å². The molecule has 1 heterocycles. The number of unbranched alkanes of at least 4 members (excludes halogenated alkanes) is 2. The minimum atomic E-state index is -0.936. The first-order valence-electron chi connectivity index (χ1n) is 16.0. The van der Waals surface area contributed by atoms with E-state index in [-0.39, 0.29) is 60.6 Å². The first-order chi connectivity index (χ1) is 26.1. The lowest BCUT2D eigenvalue weighted by molar-refractivity contribution is -0.138. The van der Waals surface area contributed by atoms with Crippen LogP contribution in [0, 0.1) is 3.14 Å². The zero-order chi connectivity index (χ0) is 38.9. The average Bonchev–Trinajstić information content (AvgIpc) is 3.57. The van der Waals surface area contributed by atoms with E-state index in [1.807, 2.05) is 0 Å². The van der Waals surface area contributed by atoms with Gasteiger partial charge in [0.2, 0.25) is 0 Å². The van der Waals surface area contributed by atoms with Crippen molar-refractivity contribution in [3.8, 4) is 23.0 Å². The van der Waals surface area contributed by atoms with Crippen molar-refractivity contribution < 1.29 is 66.7 Å². The molecule has 0 saturated carbocycles. The van der Waals surface area contributed by atoms with Gasteiger partial charge in [-0.15, -0.1) is 22.7 Å². The third-order valence-electron chi connectivity index (χ3n) is 6.74. The van der Waals surface area contributed by atoms with Crippen molar-refractivity contribution in [3.63, 3.8) is 0 Å². The van der Waals surface area contributed by atoms with Gasteiger partial charge in [-0.1, -0.05) is 25.4 Å². The van der Waals surface area contributed by atoms with Crippen molar-refractivity contribution in [2.45, 2.75) is 25.7 Å². The van der Waals surface area contributed by atoms with E-state index in [4.69, 9.17) is 50.1 Å². The van der Waals surface area contributed by atoms with Gasteiger partial charge in [0.05, 0.1) is 47.0 Å². The van der Waals surface area contributed by atoms with Crippen LogP contribution in [-0.2, 0) is 28.5 Å². The third-order valence-corrected chi connectivity index (χ3v) is 9.42. The summed E-state index contributed by atoms with van der Waals surface area (Å²) in [5.41, 5.74) is 0.327. The molecule has 0 N–H and O–H groups in total. The Balaban J connectivity index is 1.26. The van der Waals surface area contributed by atoms with Gasteiger partial charge in [0.15, 0.2) is 0 Å². The van der Waals surface area contributed by atoms with Crippen LogP contribution < -0.4 is 18.9 Å². The molecule has 0 spiro atoms. The lowest BCUT2D eigenvalue weighted by atomic mass is 10.2. The summed E-state index contributed by atoms with van der Waals surface area (Å²) in [7, 11) is 0. The highest BCUT2D eigenvalue weighted by Crippen LogP contribution is 2.42. The van der Waals surface area contributed by atoms with Gasteiger partial charge in [-0.05, 0) is 86.3 Å². The predicted octanol–water partition coefficient (Wildman–Crippen LogP) is 8.18. The topological polar surface area (TPSA) is 176 Å². The zero-order valence-electron chi connectivity index (χ0n) is 28.4. The van der Waals surface area contributed by atoms with Gasteiger partial charge in [0.25, 0.3) is 0 Å². The summed E-state index contributed by atoms with van der Waals surface area (Å²) in [6.45, 7) is 7.06. The molecule has 14 nitrogen and oxygen atoms in total. The van der Waals surface area contributed by atoms with E-state index in [1.54, 1.807) is 0 Å². The molecule has 0 atom stereocenters. The maximum atomic E-state index is 13.0. The molecule has 0 saturated heterocycles. The highest BCUT2D eigenvalue weighted by molar-refractivity contribution is 7.77. The molecule has 0 aliphatic heterocycles. The number of carbonyl (C=O) groups excluding carboxylic acids is 6. The summed E-state index contributed by atoms with van der Waals surface area (Å²) in [6.07, 6.45) is 2.12. The maximum Gasteiger partial charge on any atom is 0.513 e. The summed E-state index contributed by atoms with van der Waals surface area (Å²) in [5.74, 6) is -1.79. The molecule has 0 amide bonds. The fraction of sp³-hybridized carbons (Fsp3) is 0.216. The number of rotatable bonds is 18. The average molecular weight is 797 g/mol. The molecule has 0 aliphatic rings. The summed E-state index contributed by atoms with van der Waals surface area (Å²) in [5, 5.41) is 0. The van der Waals surface area contributed by atoms with Gasteiger partial charge in [-0.25, -0.2) is 28.8 Å². The number of ether oxygens (including phenoxy) is 8. The molecular weight excluding hydrogens is 765 g/mol. The molecule has 0 unspecified atom stereocenters. The number of fused-ring (bicyclic) bond motifs is 1. The van der Waals surface area contributed by atoms with Crippen molar-refractivity contribution in [2.24, 2.45) is 0 Å². The Kier molecular flexibility index (Phi) is 15.9. The van der Waals surface area contributed by atoms with E-state index < -0.39 is 36.2 Å². The van der Waals surface area contributed by atoms with Crippen molar-refractivity contribution in [1.29, 1.82) is 0 Å². The smallest absolute Gasteiger partial charge is 0.463 e. The lowest BCUT2D eigenvalue weighted by Crippen LogP contribution is -2.13. The lowest BCUT2D eigenvalue weighted by Gasteiger charge is -2.10. The van der Waals surface area contributed by atoms with Crippen LogP contribution in [-0.4, -0.2) is 62.6 Å². The molecule has 3 aromatic carbocycles. The Morgan fingerprint density at radius 2 is 0.870 bits per heavy atom. The quantitative estimate of drug-likeness (QED) is 0.0179. The number of carbonyl (C=O) groups is 6. The number of hydrogen-bond acceptors (Lipinski definition) is 17. The fourth-order valence-corrected chi connectivity index (χ4v) is 6.69. The monoisotopic (exact) mass is 796 g/mol. The van der Waals surface area contributed by atoms with Crippen LogP contribution in [0.3, 0.4) is 0 Å². The molecular formula is C37H32O14S3. The maximum absolute atomic E-state index is 13.0. The Morgan fingerprint density at radius 1 is 0.519 bits per heavy atom. The van der Waals surface area contributed by atoms with Crippen LogP contribution in [0.2, 0.25) is 0 Å². The van der Waals surface area contributed by atoms with Crippen molar-refractivity contribution in [3.05, 3.63) is 100 Å². The zero-order valence-corrected chi connectivity index (χ0v) is 30.9. The highest BCUT2D eigenvalue weighted by Gasteiger charge is 2.19. The van der Waals surface area contributed by atoms with Gasteiger partial charge in [0, 0.05) is 12.2 Å². The Bertz CT molecular complexity index is 1910. The number of benzene rings is 3. The van der Waals surface area contributed by atoms with E-state index in [0.29, 0.717) is 38.2 Å². The predicted molar refractivity (Wildman–Crippen MR) is 198 cm³/mol. The van der Waals surface area contributed by atoms with E-state index in [0.717, 1.165) is 12.2 Å². The minimum Gasteiger partial charge on any atom is -0.463 e. The standard InChI is InChI=1S/C37H32O14S3/c1-3-29(38)44-19-5-7-21-46-35(42)48-25-13-9-23(10-14-25)33(40)50-27-17-18-28(32-31(27)53-37(52)54-32)51-34(41)24-11-15-26(16-12-24)49-36(43)47-22-8-6-20-45-30(39)4-2/h3-4,9-18H,1-2,5-8,19-22H2. The van der Waals surface area contributed by atoms with Crippen LogP contribution >= 0.6 is 34.9 Å². The van der Waals surface area contributed by atoms with E-state index in [2.05, 4.69) is 13.2 Å². The Labute approximate surface area is 321 Å². The normalized spacial score (nSPS) is 10.4. The summed E-state index contributed by atoms with van der Waals surface area (Å²) in [4.78, 5) is 72.0. The number of hydrogen-bond donors (Lipinski definition) is 0. The van der Waals surface area contributed by atoms with E-state index in [9.17, 15) is 28.8 Å². The molecule has 0 fully saturated rings.